The smallest absolute Gasteiger partial charge is 0.243 e. The van der Waals surface area contributed by atoms with E-state index >= 15 is 0 Å². The summed E-state index contributed by atoms with van der Waals surface area (Å²) < 4.78 is 65.6. The Morgan fingerprint density at radius 1 is 0.939 bits per heavy atom. The molecule has 2 aromatic rings. The standard InChI is InChI=1S/C22H28FN3O5S2/c1-18-5-11-21(12-6-18)33(30,31)25-16-14-24(15-17-25)22(27)4-3-13-26(32(2,28)29)20-9-7-19(23)8-10-20/h5-12H,3-4,13-17H2,1-2H3. The molecule has 33 heavy (non-hydrogen) atoms. The summed E-state index contributed by atoms with van der Waals surface area (Å²) in [5.41, 5.74) is 1.31. The first kappa shape index (κ1) is 25.1. The van der Waals surface area contributed by atoms with Crippen molar-refractivity contribution >= 4 is 31.6 Å². The Morgan fingerprint density at radius 3 is 2.06 bits per heavy atom. The first-order valence-electron chi connectivity index (χ1n) is 10.6. The SMILES string of the molecule is Cc1ccc(S(=O)(=O)N2CCN(C(=O)CCCN(c3ccc(F)cc3)S(C)(=O)=O)CC2)cc1. The van der Waals surface area contributed by atoms with Crippen LogP contribution in [0, 0.1) is 12.7 Å². The van der Waals surface area contributed by atoms with Crippen LogP contribution in [0.3, 0.4) is 0 Å². The van der Waals surface area contributed by atoms with Crippen LogP contribution in [0.1, 0.15) is 18.4 Å². The van der Waals surface area contributed by atoms with Crippen molar-refractivity contribution in [3.8, 4) is 0 Å². The van der Waals surface area contributed by atoms with Crippen molar-refractivity contribution in [2.24, 2.45) is 0 Å². The second-order valence-corrected chi connectivity index (χ2v) is 11.9. The predicted octanol–water partition coefficient (Wildman–Crippen LogP) is 2.21. The van der Waals surface area contributed by atoms with E-state index in [-0.39, 0.29) is 56.4 Å². The third-order valence-corrected chi connectivity index (χ3v) is 8.62. The van der Waals surface area contributed by atoms with Gasteiger partial charge in [0.2, 0.25) is 26.0 Å². The number of aryl methyl sites for hydroxylation is 1. The molecule has 1 fully saturated rings. The molecule has 0 unspecified atom stereocenters. The number of sulfonamides is 2. The van der Waals surface area contributed by atoms with Gasteiger partial charge in [0.1, 0.15) is 5.82 Å². The van der Waals surface area contributed by atoms with Gasteiger partial charge < -0.3 is 4.90 Å². The maximum atomic E-state index is 13.2. The van der Waals surface area contributed by atoms with Gasteiger partial charge >= 0.3 is 0 Å². The second-order valence-electron chi connectivity index (χ2n) is 8.01. The van der Waals surface area contributed by atoms with Crippen LogP contribution in [0.5, 0.6) is 0 Å². The Balaban J connectivity index is 1.53. The summed E-state index contributed by atoms with van der Waals surface area (Å²) in [5, 5.41) is 0. The van der Waals surface area contributed by atoms with Crippen molar-refractivity contribution in [3.63, 3.8) is 0 Å². The summed E-state index contributed by atoms with van der Waals surface area (Å²) in [6.45, 7) is 2.92. The number of benzene rings is 2. The van der Waals surface area contributed by atoms with Crippen LogP contribution < -0.4 is 4.31 Å². The van der Waals surface area contributed by atoms with E-state index in [0.717, 1.165) is 16.1 Å². The van der Waals surface area contributed by atoms with Crippen LogP contribution in [-0.4, -0.2) is 70.9 Å². The lowest BCUT2D eigenvalue weighted by Crippen LogP contribution is -2.50. The molecule has 11 heteroatoms. The first-order chi connectivity index (χ1) is 15.5. The Bertz CT molecular complexity index is 1180. The molecule has 0 radical (unpaired) electrons. The number of hydrogen-bond acceptors (Lipinski definition) is 5. The molecule has 1 amide bonds. The van der Waals surface area contributed by atoms with E-state index in [1.54, 1.807) is 29.2 Å². The van der Waals surface area contributed by atoms with Crippen LogP contribution >= 0.6 is 0 Å². The van der Waals surface area contributed by atoms with E-state index < -0.39 is 25.9 Å². The number of hydrogen-bond donors (Lipinski definition) is 0. The number of nitrogens with zero attached hydrogens (tertiary/aromatic N) is 3. The highest BCUT2D eigenvalue weighted by Crippen LogP contribution is 2.20. The van der Waals surface area contributed by atoms with Crippen LogP contribution in [0.25, 0.3) is 0 Å². The number of rotatable bonds is 8. The van der Waals surface area contributed by atoms with Crippen molar-refractivity contribution in [1.82, 2.24) is 9.21 Å². The van der Waals surface area contributed by atoms with E-state index in [1.165, 1.54) is 28.6 Å². The molecule has 180 valence electrons. The molecule has 0 spiro atoms. The molecule has 0 saturated carbocycles. The zero-order valence-corrected chi connectivity index (χ0v) is 20.3. The van der Waals surface area contributed by atoms with Gasteiger partial charge in [0, 0.05) is 39.1 Å². The van der Waals surface area contributed by atoms with Gasteiger partial charge in [-0.25, -0.2) is 21.2 Å². The van der Waals surface area contributed by atoms with E-state index in [0.29, 0.717) is 5.69 Å². The fourth-order valence-corrected chi connectivity index (χ4v) is 6.05. The molecule has 0 atom stereocenters. The van der Waals surface area contributed by atoms with Crippen LogP contribution in [0.4, 0.5) is 10.1 Å². The maximum absolute atomic E-state index is 13.2. The number of carbonyl (C=O) groups excluding carboxylic acids is 1. The minimum absolute atomic E-state index is 0.0813. The molecule has 0 aromatic heterocycles. The van der Waals surface area contributed by atoms with Crippen LogP contribution in [0.15, 0.2) is 53.4 Å². The van der Waals surface area contributed by atoms with Gasteiger partial charge in [-0.05, 0) is 49.7 Å². The Labute approximate surface area is 194 Å². The molecule has 3 rings (SSSR count). The maximum Gasteiger partial charge on any atom is 0.243 e. The lowest BCUT2D eigenvalue weighted by Gasteiger charge is -2.34. The molecule has 0 aliphatic carbocycles. The van der Waals surface area contributed by atoms with Crippen molar-refractivity contribution in [1.29, 1.82) is 0 Å². The molecule has 2 aromatic carbocycles. The molecule has 8 nitrogen and oxygen atoms in total. The number of amides is 1. The van der Waals surface area contributed by atoms with Gasteiger partial charge in [0.25, 0.3) is 0 Å². The normalized spacial score (nSPS) is 15.4. The van der Waals surface area contributed by atoms with Gasteiger partial charge in [-0.15, -0.1) is 0 Å². The fourth-order valence-electron chi connectivity index (χ4n) is 3.66. The second kappa shape index (κ2) is 10.2. The highest BCUT2D eigenvalue weighted by Gasteiger charge is 2.30. The molecule has 1 aliphatic heterocycles. The van der Waals surface area contributed by atoms with E-state index in [2.05, 4.69) is 0 Å². The topological polar surface area (TPSA) is 95.1 Å². The first-order valence-corrected chi connectivity index (χ1v) is 13.9. The highest BCUT2D eigenvalue weighted by atomic mass is 32.2. The van der Waals surface area contributed by atoms with Gasteiger partial charge in [0.15, 0.2) is 0 Å². The van der Waals surface area contributed by atoms with Gasteiger partial charge in [0.05, 0.1) is 16.8 Å². The van der Waals surface area contributed by atoms with E-state index in [4.69, 9.17) is 0 Å². The molecular weight excluding hydrogens is 469 g/mol. The average molecular weight is 498 g/mol. The number of anilines is 1. The molecular formula is C22H28FN3O5S2. The summed E-state index contributed by atoms with van der Waals surface area (Å²) in [6.07, 6.45) is 1.47. The summed E-state index contributed by atoms with van der Waals surface area (Å²) in [5.74, 6) is -0.624. The Morgan fingerprint density at radius 2 is 1.52 bits per heavy atom. The molecule has 1 aliphatic rings. The summed E-state index contributed by atoms with van der Waals surface area (Å²) in [6, 6.07) is 11.8. The molecule has 0 N–H and O–H groups in total. The molecule has 1 saturated heterocycles. The zero-order chi connectivity index (χ0) is 24.2. The highest BCUT2D eigenvalue weighted by molar-refractivity contribution is 7.92. The van der Waals surface area contributed by atoms with E-state index in [1.807, 2.05) is 6.92 Å². The molecule has 0 bridgehead atoms. The van der Waals surface area contributed by atoms with Crippen molar-refractivity contribution in [2.75, 3.05) is 43.3 Å². The van der Waals surface area contributed by atoms with Gasteiger partial charge in [-0.1, -0.05) is 17.7 Å². The quantitative estimate of drug-likeness (QED) is 0.557. The Kier molecular flexibility index (Phi) is 7.76. The van der Waals surface area contributed by atoms with Crippen molar-refractivity contribution < 1.29 is 26.0 Å². The fraction of sp³-hybridized carbons (Fsp3) is 0.409. The molecule has 1 heterocycles. The third kappa shape index (κ3) is 6.30. The van der Waals surface area contributed by atoms with Gasteiger partial charge in [-0.3, -0.25) is 9.10 Å². The summed E-state index contributed by atoms with van der Waals surface area (Å²) in [4.78, 5) is 14.4. The monoisotopic (exact) mass is 497 g/mol. The van der Waals surface area contributed by atoms with Crippen LogP contribution in [-0.2, 0) is 24.8 Å². The minimum Gasteiger partial charge on any atom is -0.340 e. The van der Waals surface area contributed by atoms with Crippen LogP contribution in [0.2, 0.25) is 0 Å². The summed E-state index contributed by atoms with van der Waals surface area (Å²) >= 11 is 0. The third-order valence-electron chi connectivity index (χ3n) is 5.52. The predicted molar refractivity (Wildman–Crippen MR) is 124 cm³/mol. The van der Waals surface area contributed by atoms with Crippen molar-refractivity contribution in [3.05, 3.63) is 59.9 Å². The minimum atomic E-state index is -3.61. The largest absolute Gasteiger partial charge is 0.340 e. The van der Waals surface area contributed by atoms with Crippen molar-refractivity contribution in [2.45, 2.75) is 24.7 Å². The van der Waals surface area contributed by atoms with Gasteiger partial charge in [-0.2, -0.15) is 4.31 Å². The summed E-state index contributed by atoms with van der Waals surface area (Å²) in [7, 11) is -7.20. The average Bonchev–Trinajstić information content (AvgIpc) is 2.77. The lowest BCUT2D eigenvalue weighted by molar-refractivity contribution is -0.132. The number of piperazine rings is 1. The lowest BCUT2D eigenvalue weighted by atomic mass is 10.2. The Hall–Kier alpha value is -2.50. The number of halogens is 1. The zero-order valence-electron chi connectivity index (χ0n) is 18.6. The van der Waals surface area contributed by atoms with E-state index in [9.17, 15) is 26.0 Å². The number of carbonyl (C=O) groups is 1.